The summed E-state index contributed by atoms with van der Waals surface area (Å²) in [5, 5.41) is 14.0. The average Bonchev–Trinajstić information content (AvgIpc) is 2.63. The van der Waals surface area contributed by atoms with Gasteiger partial charge in [0.15, 0.2) is 0 Å². The van der Waals surface area contributed by atoms with E-state index in [0.29, 0.717) is 11.3 Å². The fourth-order valence-corrected chi connectivity index (χ4v) is 2.15. The Morgan fingerprint density at radius 1 is 1.08 bits per heavy atom. The number of halogens is 2. The predicted octanol–water partition coefficient (Wildman–Crippen LogP) is 3.06. The Labute approximate surface area is 146 Å². The zero-order valence-corrected chi connectivity index (χ0v) is 13.3. The first kappa shape index (κ1) is 17.2. The Hall–Kier alpha value is -3.62. The largest absolute Gasteiger partial charge is 0.480 e. The Morgan fingerprint density at radius 3 is 2.58 bits per heavy atom. The predicted molar refractivity (Wildman–Crippen MR) is 91.0 cm³/mol. The number of hydrogen-bond acceptors (Lipinski definition) is 6. The summed E-state index contributed by atoms with van der Waals surface area (Å²) in [5.41, 5.74) is 1.05. The number of nitrogens with zero attached hydrogens (tertiary/aromatic N) is 3. The molecule has 0 bridgehead atoms. The molecule has 0 radical (unpaired) electrons. The third-order valence-electron chi connectivity index (χ3n) is 3.29. The molecular formula is C17H13F2N5O2. The van der Waals surface area contributed by atoms with Crippen LogP contribution in [0.4, 0.5) is 26.2 Å². The molecule has 2 heterocycles. The fourth-order valence-electron chi connectivity index (χ4n) is 2.15. The zero-order valence-electron chi connectivity index (χ0n) is 13.3. The Kier molecular flexibility index (Phi) is 4.97. The molecule has 0 aliphatic heterocycles. The van der Waals surface area contributed by atoms with Crippen LogP contribution in [0.5, 0.6) is 0 Å². The smallest absolute Gasteiger partial charge is 0.322 e. The van der Waals surface area contributed by atoms with E-state index in [0.717, 1.165) is 18.2 Å². The van der Waals surface area contributed by atoms with Gasteiger partial charge in [-0.15, -0.1) is 0 Å². The first-order chi connectivity index (χ1) is 12.5. The summed E-state index contributed by atoms with van der Waals surface area (Å²) < 4.78 is 27.2. The molecule has 26 heavy (non-hydrogen) atoms. The van der Waals surface area contributed by atoms with Crippen LogP contribution in [-0.4, -0.2) is 32.6 Å². The van der Waals surface area contributed by atoms with Gasteiger partial charge in [-0.25, -0.2) is 13.8 Å². The van der Waals surface area contributed by atoms with E-state index in [1.165, 1.54) is 6.07 Å². The number of aromatic nitrogens is 3. The number of carboxylic acid groups (broad SMARTS) is 1. The third-order valence-corrected chi connectivity index (χ3v) is 3.29. The molecular weight excluding hydrogens is 344 g/mol. The molecule has 0 saturated carbocycles. The molecule has 0 unspecified atom stereocenters. The van der Waals surface area contributed by atoms with Crippen molar-refractivity contribution in [2.45, 2.75) is 0 Å². The molecule has 9 heteroatoms. The first-order valence-corrected chi connectivity index (χ1v) is 7.48. The van der Waals surface area contributed by atoms with E-state index in [1.54, 1.807) is 24.5 Å². The van der Waals surface area contributed by atoms with Gasteiger partial charge in [0, 0.05) is 30.1 Å². The van der Waals surface area contributed by atoms with Crippen molar-refractivity contribution in [3.63, 3.8) is 0 Å². The van der Waals surface area contributed by atoms with E-state index >= 15 is 0 Å². The van der Waals surface area contributed by atoms with Crippen LogP contribution in [0.25, 0.3) is 11.3 Å². The molecule has 0 aliphatic rings. The maximum absolute atomic E-state index is 13.9. The number of carboxylic acids is 1. The number of nitrogens with one attached hydrogen (secondary N) is 2. The van der Waals surface area contributed by atoms with E-state index in [4.69, 9.17) is 5.11 Å². The van der Waals surface area contributed by atoms with E-state index in [-0.39, 0.29) is 17.5 Å². The highest BCUT2D eigenvalue weighted by molar-refractivity contribution is 5.73. The molecule has 132 valence electrons. The number of aliphatic carboxylic acids is 1. The maximum atomic E-state index is 13.9. The number of pyridine rings is 1. The second-order valence-corrected chi connectivity index (χ2v) is 5.19. The normalized spacial score (nSPS) is 10.4. The zero-order chi connectivity index (χ0) is 18.5. The summed E-state index contributed by atoms with van der Waals surface area (Å²) in [6.45, 7) is -0.395. The lowest BCUT2D eigenvalue weighted by atomic mass is 10.2. The Morgan fingerprint density at radius 2 is 1.85 bits per heavy atom. The number of carbonyl (C=O) groups is 1. The van der Waals surface area contributed by atoms with Gasteiger partial charge in [-0.2, -0.15) is 4.98 Å². The lowest BCUT2D eigenvalue weighted by Gasteiger charge is -2.11. The quantitative estimate of drug-likeness (QED) is 0.623. The lowest BCUT2D eigenvalue weighted by molar-refractivity contribution is -0.134. The SMILES string of the molecule is O=C(O)CNc1nc(Nc2cc(F)ccc2F)cc(-c2ccncc2)n1. The average molecular weight is 357 g/mol. The summed E-state index contributed by atoms with van der Waals surface area (Å²) in [6, 6.07) is 7.93. The molecule has 0 aliphatic carbocycles. The topological polar surface area (TPSA) is 100 Å². The fraction of sp³-hybridized carbons (Fsp3) is 0.0588. The summed E-state index contributed by atoms with van der Waals surface area (Å²) in [6.07, 6.45) is 3.14. The second kappa shape index (κ2) is 7.51. The molecule has 0 atom stereocenters. The summed E-state index contributed by atoms with van der Waals surface area (Å²) in [7, 11) is 0. The van der Waals surface area contributed by atoms with E-state index < -0.39 is 24.1 Å². The van der Waals surface area contributed by atoms with Gasteiger partial charge in [-0.1, -0.05) is 0 Å². The molecule has 0 spiro atoms. The molecule has 1 aromatic carbocycles. The van der Waals surface area contributed by atoms with E-state index in [2.05, 4.69) is 25.6 Å². The van der Waals surface area contributed by atoms with Gasteiger partial charge in [0.25, 0.3) is 0 Å². The molecule has 3 aromatic rings. The molecule has 0 saturated heterocycles. The number of benzene rings is 1. The van der Waals surface area contributed by atoms with Gasteiger partial charge in [-0.05, 0) is 24.3 Å². The van der Waals surface area contributed by atoms with Gasteiger partial charge >= 0.3 is 5.97 Å². The van der Waals surface area contributed by atoms with Crippen molar-refractivity contribution in [3.05, 3.63) is 60.4 Å². The van der Waals surface area contributed by atoms with E-state index in [1.807, 2.05) is 0 Å². The monoisotopic (exact) mass is 357 g/mol. The number of hydrogen-bond donors (Lipinski definition) is 3. The molecule has 0 amide bonds. The summed E-state index contributed by atoms with van der Waals surface area (Å²) in [4.78, 5) is 23.0. The molecule has 0 fully saturated rings. The second-order valence-electron chi connectivity index (χ2n) is 5.19. The van der Waals surface area contributed by atoms with Crippen molar-refractivity contribution in [2.75, 3.05) is 17.2 Å². The highest BCUT2D eigenvalue weighted by Gasteiger charge is 2.10. The van der Waals surface area contributed by atoms with Crippen LogP contribution in [0, 0.1) is 11.6 Å². The maximum Gasteiger partial charge on any atom is 0.322 e. The third kappa shape index (κ3) is 4.26. The minimum Gasteiger partial charge on any atom is -0.480 e. The minimum atomic E-state index is -1.09. The number of rotatable bonds is 6. The highest BCUT2D eigenvalue weighted by Crippen LogP contribution is 2.25. The van der Waals surface area contributed by atoms with Crippen LogP contribution >= 0.6 is 0 Å². The van der Waals surface area contributed by atoms with Gasteiger partial charge in [0.2, 0.25) is 5.95 Å². The van der Waals surface area contributed by atoms with Crippen molar-refractivity contribution < 1.29 is 18.7 Å². The highest BCUT2D eigenvalue weighted by atomic mass is 19.1. The summed E-state index contributed by atoms with van der Waals surface area (Å²) in [5.74, 6) is -2.16. The van der Waals surface area contributed by atoms with Gasteiger partial charge in [-0.3, -0.25) is 9.78 Å². The molecule has 3 rings (SSSR count). The van der Waals surface area contributed by atoms with Crippen LogP contribution in [0.2, 0.25) is 0 Å². The Balaban J connectivity index is 1.98. The van der Waals surface area contributed by atoms with Crippen LogP contribution in [0.15, 0.2) is 48.8 Å². The summed E-state index contributed by atoms with van der Waals surface area (Å²) >= 11 is 0. The van der Waals surface area contributed by atoms with Crippen LogP contribution in [0.3, 0.4) is 0 Å². The van der Waals surface area contributed by atoms with Crippen molar-refractivity contribution >= 4 is 23.4 Å². The van der Waals surface area contributed by atoms with Crippen molar-refractivity contribution in [2.24, 2.45) is 0 Å². The van der Waals surface area contributed by atoms with Crippen molar-refractivity contribution in [1.82, 2.24) is 15.0 Å². The lowest BCUT2D eigenvalue weighted by Crippen LogP contribution is -2.15. The van der Waals surface area contributed by atoms with Gasteiger partial charge in [0.05, 0.1) is 11.4 Å². The first-order valence-electron chi connectivity index (χ1n) is 7.48. The van der Waals surface area contributed by atoms with Crippen LogP contribution in [-0.2, 0) is 4.79 Å². The molecule has 2 aromatic heterocycles. The Bertz CT molecular complexity index is 938. The van der Waals surface area contributed by atoms with Crippen LogP contribution in [0.1, 0.15) is 0 Å². The van der Waals surface area contributed by atoms with E-state index in [9.17, 15) is 13.6 Å². The van der Waals surface area contributed by atoms with Crippen molar-refractivity contribution in [1.29, 1.82) is 0 Å². The van der Waals surface area contributed by atoms with Crippen molar-refractivity contribution in [3.8, 4) is 11.3 Å². The van der Waals surface area contributed by atoms with Gasteiger partial charge in [0.1, 0.15) is 24.0 Å². The number of anilines is 3. The molecule has 3 N–H and O–H groups in total. The minimum absolute atomic E-state index is 0.0287. The molecule has 7 nitrogen and oxygen atoms in total. The van der Waals surface area contributed by atoms with Gasteiger partial charge < -0.3 is 15.7 Å². The standard InChI is InChI=1S/C17H13F2N5O2/c18-11-1-2-12(19)14(7-11)22-15-8-13(10-3-5-20-6-4-10)23-17(24-15)21-9-16(25)26/h1-8H,9H2,(H,25,26)(H2,21,22,23,24). The van der Waals surface area contributed by atoms with Crippen LogP contribution < -0.4 is 10.6 Å².